The van der Waals surface area contributed by atoms with Crippen molar-refractivity contribution < 1.29 is 0 Å². The number of para-hydroxylation sites is 3. The minimum Gasteiger partial charge on any atom is -0.361 e. The van der Waals surface area contributed by atoms with Gasteiger partial charge >= 0.3 is 0 Å². The van der Waals surface area contributed by atoms with E-state index in [0.717, 1.165) is 28.7 Å². The first-order chi connectivity index (χ1) is 15.8. The van der Waals surface area contributed by atoms with Crippen LogP contribution in [0.4, 0.5) is 5.69 Å². The Morgan fingerprint density at radius 1 is 0.875 bits per heavy atom. The molecule has 3 heterocycles. The van der Waals surface area contributed by atoms with Crippen molar-refractivity contribution in [2.45, 2.75) is 5.92 Å². The molecule has 32 heavy (non-hydrogen) atoms. The molecule has 0 spiro atoms. The topological polar surface area (TPSA) is 31.9 Å². The molecule has 3 nitrogen and oxygen atoms in total. The van der Waals surface area contributed by atoms with E-state index in [4.69, 9.17) is 4.98 Å². The lowest BCUT2D eigenvalue weighted by atomic mass is 9.80. The molecule has 1 unspecified atom stereocenters. The first kappa shape index (κ1) is 18.6. The zero-order valence-corrected chi connectivity index (χ0v) is 17.7. The summed E-state index contributed by atoms with van der Waals surface area (Å²) in [6, 6.07) is 29.8. The summed E-state index contributed by atoms with van der Waals surface area (Å²) in [4.78, 5) is 10.8. The largest absolute Gasteiger partial charge is 0.361 e. The smallest absolute Gasteiger partial charge is 0.0709 e. The first-order valence-corrected chi connectivity index (χ1v) is 10.9. The van der Waals surface area contributed by atoms with Gasteiger partial charge in [-0.1, -0.05) is 66.7 Å². The number of nitrogens with one attached hydrogen (secondary N) is 1. The van der Waals surface area contributed by atoms with Crippen molar-refractivity contribution >= 4 is 33.1 Å². The quantitative estimate of drug-likeness (QED) is 0.325. The van der Waals surface area contributed by atoms with Gasteiger partial charge in [-0.15, -0.1) is 6.58 Å². The molecule has 0 fully saturated rings. The highest BCUT2D eigenvalue weighted by Gasteiger charge is 2.31. The number of fused-ring (bicyclic) bond motifs is 3. The summed E-state index contributed by atoms with van der Waals surface area (Å²) in [5, 5.41) is 2.40. The second-order valence-electron chi connectivity index (χ2n) is 8.20. The minimum absolute atomic E-state index is 0.0806. The number of H-pyrrole nitrogens is 1. The molecule has 3 heteroatoms. The van der Waals surface area contributed by atoms with E-state index in [0.29, 0.717) is 0 Å². The van der Waals surface area contributed by atoms with Gasteiger partial charge in [0.15, 0.2) is 0 Å². The molecule has 0 radical (unpaired) electrons. The van der Waals surface area contributed by atoms with Gasteiger partial charge in [-0.25, -0.2) is 4.98 Å². The van der Waals surface area contributed by atoms with Crippen LogP contribution in [0.15, 0.2) is 110 Å². The van der Waals surface area contributed by atoms with Gasteiger partial charge in [0.1, 0.15) is 0 Å². The van der Waals surface area contributed by atoms with Crippen LogP contribution in [0.2, 0.25) is 0 Å². The fourth-order valence-corrected chi connectivity index (χ4v) is 4.87. The van der Waals surface area contributed by atoms with Crippen LogP contribution in [-0.2, 0) is 0 Å². The number of rotatable bonds is 4. The molecule has 0 saturated heterocycles. The van der Waals surface area contributed by atoms with Crippen LogP contribution in [0.3, 0.4) is 0 Å². The van der Waals surface area contributed by atoms with Gasteiger partial charge in [0.2, 0.25) is 0 Å². The third-order valence-corrected chi connectivity index (χ3v) is 6.32. The first-order valence-electron chi connectivity index (χ1n) is 10.9. The van der Waals surface area contributed by atoms with Crippen LogP contribution >= 0.6 is 0 Å². The van der Waals surface area contributed by atoms with Crippen molar-refractivity contribution in [3.05, 3.63) is 127 Å². The predicted octanol–water partition coefficient (Wildman–Crippen LogP) is 6.90. The molecule has 1 aliphatic rings. The second kappa shape index (κ2) is 7.54. The van der Waals surface area contributed by atoms with E-state index in [1.165, 1.54) is 27.8 Å². The number of aromatic amines is 1. The van der Waals surface area contributed by atoms with Crippen LogP contribution in [0.25, 0.3) is 27.4 Å². The molecule has 0 bridgehead atoms. The third kappa shape index (κ3) is 2.94. The molecule has 2 aromatic heterocycles. The summed E-state index contributed by atoms with van der Waals surface area (Å²) >= 11 is 0. The van der Waals surface area contributed by atoms with Crippen LogP contribution in [0, 0.1) is 0 Å². The van der Waals surface area contributed by atoms with E-state index < -0.39 is 0 Å². The molecule has 154 valence electrons. The maximum Gasteiger partial charge on any atom is 0.0709 e. The van der Waals surface area contributed by atoms with E-state index in [-0.39, 0.29) is 5.92 Å². The lowest BCUT2D eigenvalue weighted by molar-refractivity contribution is 0.957. The monoisotopic (exact) mass is 413 g/mol. The number of pyridine rings is 1. The summed E-state index contributed by atoms with van der Waals surface area (Å²) in [5.74, 6) is 0.0806. The predicted molar refractivity (Wildman–Crippen MR) is 134 cm³/mol. The van der Waals surface area contributed by atoms with Crippen molar-refractivity contribution in [1.29, 1.82) is 0 Å². The molecule has 5 aromatic rings. The average molecular weight is 414 g/mol. The van der Waals surface area contributed by atoms with Gasteiger partial charge in [-0.05, 0) is 35.4 Å². The van der Waals surface area contributed by atoms with Gasteiger partial charge in [0, 0.05) is 52.4 Å². The van der Waals surface area contributed by atoms with Crippen molar-refractivity contribution in [2.24, 2.45) is 0 Å². The van der Waals surface area contributed by atoms with E-state index in [1.54, 1.807) is 0 Å². The highest BCUT2D eigenvalue weighted by atomic mass is 15.1. The maximum absolute atomic E-state index is 5.08. The van der Waals surface area contributed by atoms with Crippen molar-refractivity contribution in [1.82, 2.24) is 9.97 Å². The number of hydrogen-bond acceptors (Lipinski definition) is 2. The molecule has 1 aliphatic heterocycles. The lowest BCUT2D eigenvalue weighted by Crippen LogP contribution is -2.25. The molecular weight excluding hydrogens is 390 g/mol. The van der Waals surface area contributed by atoms with E-state index in [2.05, 4.69) is 108 Å². The van der Waals surface area contributed by atoms with Crippen LogP contribution in [0.5, 0.6) is 0 Å². The average Bonchev–Trinajstić information content (AvgIpc) is 3.27. The normalized spacial score (nSPS) is 15.6. The van der Waals surface area contributed by atoms with Gasteiger partial charge in [0.25, 0.3) is 0 Å². The molecule has 0 saturated carbocycles. The Kier molecular flexibility index (Phi) is 4.39. The van der Waals surface area contributed by atoms with E-state index in [9.17, 15) is 0 Å². The fourth-order valence-electron chi connectivity index (χ4n) is 4.87. The highest BCUT2D eigenvalue weighted by Crippen LogP contribution is 2.47. The maximum atomic E-state index is 5.08. The Balaban J connectivity index is 1.62. The lowest BCUT2D eigenvalue weighted by Gasteiger charge is -2.34. The summed E-state index contributed by atoms with van der Waals surface area (Å²) in [5.41, 5.74) is 8.13. The zero-order chi connectivity index (χ0) is 21.5. The van der Waals surface area contributed by atoms with Gasteiger partial charge in [0.05, 0.1) is 11.2 Å². The third-order valence-electron chi connectivity index (χ3n) is 6.32. The van der Waals surface area contributed by atoms with Crippen LogP contribution < -0.4 is 4.90 Å². The molecule has 0 aliphatic carbocycles. The molecule has 3 aromatic carbocycles. The van der Waals surface area contributed by atoms with Crippen molar-refractivity contribution in [3.8, 4) is 0 Å². The number of allylic oxidation sites excluding steroid dienone is 1. The minimum atomic E-state index is 0.0806. The van der Waals surface area contributed by atoms with Gasteiger partial charge in [-0.2, -0.15) is 0 Å². The Bertz CT molecular complexity index is 1490. The highest BCUT2D eigenvalue weighted by molar-refractivity contribution is 5.92. The Morgan fingerprint density at radius 3 is 2.62 bits per heavy atom. The van der Waals surface area contributed by atoms with E-state index >= 15 is 0 Å². The number of anilines is 1. The number of aromatic nitrogens is 2. The molecule has 0 amide bonds. The Hall–Kier alpha value is -4.11. The van der Waals surface area contributed by atoms with E-state index in [1.807, 2.05) is 12.1 Å². The molecule has 6 rings (SSSR count). The van der Waals surface area contributed by atoms with Crippen LogP contribution in [0.1, 0.15) is 22.7 Å². The SMILES string of the molecule is C=CCN1C=C(c2ccc3ccccc3n2)C(c2c[nH]c3ccccc23)c2ccccc21. The molecular formula is C29H23N3. The standard InChI is InChI=1S/C29H23N3/c1-2-17-32-19-24(27-16-15-20-9-3-6-12-25(20)31-27)29(22-11-5-8-14-28(22)32)23-18-30-26-13-7-4-10-21(23)26/h2-16,18-19,29-30H,1,17H2. The van der Waals surface area contributed by atoms with Crippen molar-refractivity contribution in [2.75, 3.05) is 11.4 Å². The van der Waals surface area contributed by atoms with Gasteiger partial charge in [-0.3, -0.25) is 0 Å². The summed E-state index contributed by atoms with van der Waals surface area (Å²) < 4.78 is 0. The summed E-state index contributed by atoms with van der Waals surface area (Å²) in [7, 11) is 0. The van der Waals surface area contributed by atoms with Crippen LogP contribution in [-0.4, -0.2) is 16.5 Å². The summed E-state index contributed by atoms with van der Waals surface area (Å²) in [6.45, 7) is 4.73. The Morgan fingerprint density at radius 2 is 1.69 bits per heavy atom. The molecule has 1 N–H and O–H groups in total. The summed E-state index contributed by atoms with van der Waals surface area (Å²) in [6.07, 6.45) is 6.36. The fraction of sp³-hybridized carbons (Fsp3) is 0.0690. The number of benzene rings is 3. The number of hydrogen-bond donors (Lipinski definition) is 1. The zero-order valence-electron chi connectivity index (χ0n) is 17.7. The number of nitrogens with zero attached hydrogens (tertiary/aromatic N) is 2. The Labute approximate surface area is 187 Å². The second-order valence-corrected chi connectivity index (χ2v) is 8.20. The molecule has 1 atom stereocenters. The van der Waals surface area contributed by atoms with Crippen molar-refractivity contribution in [3.63, 3.8) is 0 Å². The van der Waals surface area contributed by atoms with Gasteiger partial charge < -0.3 is 9.88 Å².